The molecule has 0 bridgehead atoms. The van der Waals surface area contributed by atoms with Gasteiger partial charge in [-0.1, -0.05) is 42.0 Å². The third kappa shape index (κ3) is 5.41. The fraction of sp³-hybridized carbons (Fsp3) is 0.250. The van der Waals surface area contributed by atoms with Crippen LogP contribution in [0.2, 0.25) is 0 Å². The number of aromatic nitrogens is 1. The van der Waals surface area contributed by atoms with Crippen molar-refractivity contribution in [2.24, 2.45) is 17.6 Å². The molecule has 1 amide bonds. The molecular weight excluding hydrogens is 426 g/mol. The van der Waals surface area contributed by atoms with Gasteiger partial charge in [-0.2, -0.15) is 0 Å². The zero-order valence-electron chi connectivity index (χ0n) is 19.5. The summed E-state index contributed by atoms with van der Waals surface area (Å²) in [6.07, 6.45) is 10.1. The van der Waals surface area contributed by atoms with Crippen molar-refractivity contribution in [3.05, 3.63) is 95.3 Å². The highest BCUT2D eigenvalue weighted by molar-refractivity contribution is 5.96. The number of hydrogen-bond acceptors (Lipinski definition) is 5. The molecule has 174 valence electrons. The number of nitrogens with zero attached hydrogens (tertiary/aromatic N) is 1. The monoisotopic (exact) mass is 455 g/mol. The van der Waals surface area contributed by atoms with E-state index in [-0.39, 0.29) is 36.9 Å². The van der Waals surface area contributed by atoms with Crippen LogP contribution >= 0.6 is 0 Å². The van der Waals surface area contributed by atoms with E-state index in [1.165, 1.54) is 0 Å². The highest BCUT2D eigenvalue weighted by Gasteiger charge is 2.26. The summed E-state index contributed by atoms with van der Waals surface area (Å²) >= 11 is 0. The highest BCUT2D eigenvalue weighted by Crippen LogP contribution is 2.26. The number of carbonyl (C=O) groups is 2. The van der Waals surface area contributed by atoms with Crippen LogP contribution in [0.15, 0.2) is 78.7 Å². The van der Waals surface area contributed by atoms with Crippen LogP contribution in [0.25, 0.3) is 10.8 Å². The molecule has 2 aromatic carbocycles. The van der Waals surface area contributed by atoms with Crippen molar-refractivity contribution in [1.29, 1.82) is 0 Å². The third-order valence-corrected chi connectivity index (χ3v) is 6.20. The molecule has 3 N–H and O–H groups in total. The van der Waals surface area contributed by atoms with E-state index < -0.39 is 0 Å². The molecule has 0 spiro atoms. The van der Waals surface area contributed by atoms with Gasteiger partial charge in [0.15, 0.2) is 0 Å². The minimum Gasteiger partial charge on any atom is -0.457 e. The molecule has 0 saturated carbocycles. The molecule has 34 heavy (non-hydrogen) atoms. The van der Waals surface area contributed by atoms with Crippen LogP contribution in [0.4, 0.5) is 5.69 Å². The Morgan fingerprint density at radius 2 is 2.00 bits per heavy atom. The van der Waals surface area contributed by atoms with Gasteiger partial charge in [-0.3, -0.25) is 9.78 Å². The van der Waals surface area contributed by atoms with Gasteiger partial charge in [0.1, 0.15) is 6.61 Å². The van der Waals surface area contributed by atoms with Crippen molar-refractivity contribution >= 4 is 28.3 Å². The Morgan fingerprint density at radius 1 is 1.15 bits per heavy atom. The maximum absolute atomic E-state index is 13.0. The summed E-state index contributed by atoms with van der Waals surface area (Å²) in [6, 6.07) is 13.3. The van der Waals surface area contributed by atoms with E-state index in [4.69, 9.17) is 10.5 Å². The quantitative estimate of drug-likeness (QED) is 0.503. The standard InChI is InChI=1S/C28H29N3O3/c1-18-3-10-25(19(2)13-18)28(33)34-17-20-4-6-21(7-5-20)26(15-29)27(32)31-24-9-8-23-16-30-12-11-22(23)14-24/h3-6,8-14,16,21,26H,7,15,17,29H2,1-2H3,(H,31,32)/t21?,26-/m1/s1. The Hall–Kier alpha value is -3.77. The molecule has 0 radical (unpaired) electrons. The zero-order chi connectivity index (χ0) is 24.1. The molecule has 0 saturated heterocycles. The van der Waals surface area contributed by atoms with Gasteiger partial charge in [-0.25, -0.2) is 4.79 Å². The first-order chi connectivity index (χ1) is 16.4. The lowest BCUT2D eigenvalue weighted by molar-refractivity contribution is -0.120. The first-order valence-corrected chi connectivity index (χ1v) is 11.4. The third-order valence-electron chi connectivity index (χ3n) is 6.20. The molecule has 1 heterocycles. The maximum Gasteiger partial charge on any atom is 0.338 e. The van der Waals surface area contributed by atoms with Gasteiger partial charge in [0.05, 0.1) is 11.5 Å². The number of anilines is 1. The predicted octanol–water partition coefficient (Wildman–Crippen LogP) is 4.72. The number of esters is 1. The van der Waals surface area contributed by atoms with Crippen LogP contribution in [0.3, 0.4) is 0 Å². The largest absolute Gasteiger partial charge is 0.457 e. The van der Waals surface area contributed by atoms with E-state index in [9.17, 15) is 9.59 Å². The lowest BCUT2D eigenvalue weighted by Crippen LogP contribution is -2.35. The van der Waals surface area contributed by atoms with Gasteiger partial charge in [-0.05, 0) is 67.0 Å². The number of benzene rings is 2. The summed E-state index contributed by atoms with van der Waals surface area (Å²) in [6.45, 7) is 4.33. The van der Waals surface area contributed by atoms with E-state index in [1.807, 2.05) is 68.5 Å². The van der Waals surface area contributed by atoms with Crippen molar-refractivity contribution in [3.8, 4) is 0 Å². The minimum atomic E-state index is -0.361. The van der Waals surface area contributed by atoms with Crippen LogP contribution in [0, 0.1) is 25.7 Å². The van der Waals surface area contributed by atoms with Crippen molar-refractivity contribution in [2.45, 2.75) is 20.3 Å². The molecule has 1 unspecified atom stereocenters. The lowest BCUT2D eigenvalue weighted by Gasteiger charge is -2.24. The molecule has 0 fully saturated rings. The smallest absolute Gasteiger partial charge is 0.338 e. The fourth-order valence-electron chi connectivity index (χ4n) is 4.23. The number of allylic oxidation sites excluding steroid dienone is 2. The molecule has 1 aliphatic carbocycles. The van der Waals surface area contributed by atoms with Crippen molar-refractivity contribution in [2.75, 3.05) is 18.5 Å². The van der Waals surface area contributed by atoms with E-state index in [0.29, 0.717) is 12.0 Å². The molecule has 4 rings (SSSR count). The number of pyridine rings is 1. The average molecular weight is 456 g/mol. The summed E-state index contributed by atoms with van der Waals surface area (Å²) < 4.78 is 5.51. The second-order valence-corrected chi connectivity index (χ2v) is 8.70. The summed E-state index contributed by atoms with van der Waals surface area (Å²) in [5, 5.41) is 5.03. The first kappa shape index (κ1) is 23.4. The number of nitrogens with one attached hydrogen (secondary N) is 1. The maximum atomic E-state index is 13.0. The second kappa shape index (κ2) is 10.4. The Balaban J connectivity index is 1.33. The number of amides is 1. The molecule has 1 aliphatic rings. The normalized spacial score (nSPS) is 16.1. The number of aryl methyl sites for hydroxylation is 2. The van der Waals surface area contributed by atoms with Crippen LogP contribution < -0.4 is 11.1 Å². The van der Waals surface area contributed by atoms with Crippen LogP contribution in [-0.2, 0) is 9.53 Å². The molecule has 6 heteroatoms. The molecule has 0 aliphatic heterocycles. The topological polar surface area (TPSA) is 94.3 Å². The van der Waals surface area contributed by atoms with Crippen molar-refractivity contribution in [1.82, 2.24) is 4.98 Å². The van der Waals surface area contributed by atoms with Crippen LogP contribution in [0.1, 0.15) is 27.9 Å². The lowest BCUT2D eigenvalue weighted by atomic mass is 9.84. The predicted molar refractivity (Wildman–Crippen MR) is 134 cm³/mol. The fourth-order valence-corrected chi connectivity index (χ4v) is 4.23. The summed E-state index contributed by atoms with van der Waals surface area (Å²) in [5.74, 6) is -0.823. The molecule has 6 nitrogen and oxygen atoms in total. The number of nitrogens with two attached hydrogens (primary N) is 1. The van der Waals surface area contributed by atoms with Gasteiger partial charge in [0, 0.05) is 30.0 Å². The van der Waals surface area contributed by atoms with E-state index >= 15 is 0 Å². The number of carbonyl (C=O) groups excluding carboxylic acids is 2. The Bertz CT molecular complexity index is 1280. The Labute approximate surface area is 199 Å². The van der Waals surface area contributed by atoms with Gasteiger partial charge in [-0.15, -0.1) is 0 Å². The summed E-state index contributed by atoms with van der Waals surface area (Å²) in [5.41, 5.74) is 10.2. The van der Waals surface area contributed by atoms with E-state index in [1.54, 1.807) is 18.5 Å². The highest BCUT2D eigenvalue weighted by atomic mass is 16.5. The van der Waals surface area contributed by atoms with Crippen molar-refractivity contribution < 1.29 is 14.3 Å². The SMILES string of the molecule is Cc1ccc(C(=O)OCC2=CCC([C@@H](CN)C(=O)Nc3ccc4cnccc4c3)C=C2)c(C)c1. The summed E-state index contributed by atoms with van der Waals surface area (Å²) in [4.78, 5) is 29.5. The molecule has 2 atom stereocenters. The van der Waals surface area contributed by atoms with Gasteiger partial charge in [0.25, 0.3) is 0 Å². The number of rotatable bonds is 7. The van der Waals surface area contributed by atoms with Crippen molar-refractivity contribution in [3.63, 3.8) is 0 Å². The summed E-state index contributed by atoms with van der Waals surface area (Å²) in [7, 11) is 0. The molecular formula is C28H29N3O3. The first-order valence-electron chi connectivity index (χ1n) is 11.4. The van der Waals surface area contributed by atoms with E-state index in [0.717, 1.165) is 33.2 Å². The Kier molecular flexibility index (Phi) is 7.18. The van der Waals surface area contributed by atoms with Gasteiger partial charge >= 0.3 is 5.97 Å². The molecule has 1 aromatic heterocycles. The van der Waals surface area contributed by atoms with Gasteiger partial charge < -0.3 is 15.8 Å². The molecule has 3 aromatic rings. The zero-order valence-corrected chi connectivity index (χ0v) is 19.5. The van der Waals surface area contributed by atoms with Crippen LogP contribution in [-0.4, -0.2) is 30.0 Å². The second-order valence-electron chi connectivity index (χ2n) is 8.70. The van der Waals surface area contributed by atoms with Gasteiger partial charge in [0.2, 0.25) is 5.91 Å². The van der Waals surface area contributed by atoms with E-state index in [2.05, 4.69) is 10.3 Å². The minimum absolute atomic E-state index is 0.0200. The Morgan fingerprint density at radius 3 is 2.74 bits per heavy atom. The average Bonchev–Trinajstić information content (AvgIpc) is 2.83. The van der Waals surface area contributed by atoms with Crippen LogP contribution in [0.5, 0.6) is 0 Å². The number of ether oxygens (including phenoxy) is 1. The number of fused-ring (bicyclic) bond motifs is 1. The number of hydrogen-bond donors (Lipinski definition) is 2.